The van der Waals surface area contributed by atoms with Gasteiger partial charge in [-0.05, 0) is 40.0 Å². The van der Waals surface area contributed by atoms with Gasteiger partial charge in [0.15, 0.2) is 0 Å². The molecule has 4 heteroatoms. The number of unbranched alkanes of at least 4 members (excludes halogenated alkanes) is 5. The van der Waals surface area contributed by atoms with Crippen molar-refractivity contribution < 1.29 is 14.2 Å². The van der Waals surface area contributed by atoms with Crippen molar-refractivity contribution in [1.82, 2.24) is 0 Å². The monoisotopic (exact) mass is 387 g/mol. The molecule has 0 amide bonds. The SMILES string of the molecule is CCCCCCCCC(C)C(OCC)(OCC)OCC.NC1CCCCC1. The van der Waals surface area contributed by atoms with Gasteiger partial charge in [0.05, 0.1) is 0 Å². The summed E-state index contributed by atoms with van der Waals surface area (Å²) >= 11 is 0. The van der Waals surface area contributed by atoms with Crippen LogP contribution < -0.4 is 5.73 Å². The largest absolute Gasteiger partial charge is 0.328 e. The summed E-state index contributed by atoms with van der Waals surface area (Å²) in [5.41, 5.74) is 5.63. The van der Waals surface area contributed by atoms with Crippen LogP contribution >= 0.6 is 0 Å². The Morgan fingerprint density at radius 1 is 0.778 bits per heavy atom. The van der Waals surface area contributed by atoms with Crippen molar-refractivity contribution in [3.8, 4) is 0 Å². The molecule has 1 aliphatic carbocycles. The second kappa shape index (κ2) is 17.9. The highest BCUT2D eigenvalue weighted by atomic mass is 16.9. The molecule has 0 radical (unpaired) electrons. The molecule has 4 nitrogen and oxygen atoms in total. The Kier molecular flexibility index (Phi) is 17.8. The van der Waals surface area contributed by atoms with E-state index in [2.05, 4.69) is 13.8 Å². The third-order valence-electron chi connectivity index (χ3n) is 5.28. The molecule has 0 bridgehead atoms. The van der Waals surface area contributed by atoms with E-state index in [0.717, 1.165) is 6.42 Å². The van der Waals surface area contributed by atoms with E-state index >= 15 is 0 Å². The molecule has 0 saturated heterocycles. The average molecular weight is 388 g/mol. The van der Waals surface area contributed by atoms with E-state index in [1.165, 1.54) is 70.6 Å². The molecule has 0 spiro atoms. The predicted molar refractivity (Wildman–Crippen MR) is 116 cm³/mol. The maximum absolute atomic E-state index is 5.82. The van der Waals surface area contributed by atoms with Gasteiger partial charge in [0, 0.05) is 31.8 Å². The van der Waals surface area contributed by atoms with Gasteiger partial charge in [0.2, 0.25) is 0 Å². The molecule has 0 aromatic heterocycles. The second-order valence-corrected chi connectivity index (χ2v) is 7.76. The third-order valence-corrected chi connectivity index (χ3v) is 5.28. The van der Waals surface area contributed by atoms with Crippen molar-refractivity contribution in [2.45, 2.75) is 124 Å². The normalized spacial score (nSPS) is 16.7. The lowest BCUT2D eigenvalue weighted by Gasteiger charge is -2.37. The number of hydrogen-bond donors (Lipinski definition) is 1. The molecule has 0 aromatic rings. The van der Waals surface area contributed by atoms with Gasteiger partial charge in [0.1, 0.15) is 0 Å². The fraction of sp³-hybridized carbons (Fsp3) is 1.00. The predicted octanol–water partition coefficient (Wildman–Crippen LogP) is 6.41. The molecule has 0 aliphatic heterocycles. The fourth-order valence-corrected chi connectivity index (χ4v) is 3.70. The van der Waals surface area contributed by atoms with Crippen LogP contribution in [0.25, 0.3) is 0 Å². The van der Waals surface area contributed by atoms with Gasteiger partial charge >= 0.3 is 0 Å². The molecule has 2 N–H and O–H groups in total. The highest BCUT2D eigenvalue weighted by Crippen LogP contribution is 2.30. The van der Waals surface area contributed by atoms with Crippen molar-refractivity contribution in [2.24, 2.45) is 11.7 Å². The van der Waals surface area contributed by atoms with Crippen LogP contribution in [-0.2, 0) is 14.2 Å². The van der Waals surface area contributed by atoms with Crippen LogP contribution in [0.4, 0.5) is 0 Å². The molecule has 1 atom stereocenters. The molecule has 0 aromatic carbocycles. The summed E-state index contributed by atoms with van der Waals surface area (Å²) in [5, 5.41) is 0. The van der Waals surface area contributed by atoms with E-state index in [4.69, 9.17) is 19.9 Å². The molecule has 1 fully saturated rings. The maximum atomic E-state index is 5.82. The Hall–Kier alpha value is -0.160. The van der Waals surface area contributed by atoms with Crippen LogP contribution in [0.5, 0.6) is 0 Å². The molecule has 1 aliphatic rings. The van der Waals surface area contributed by atoms with E-state index in [-0.39, 0.29) is 5.92 Å². The lowest BCUT2D eigenvalue weighted by Crippen LogP contribution is -2.45. The van der Waals surface area contributed by atoms with Gasteiger partial charge in [0.25, 0.3) is 5.97 Å². The van der Waals surface area contributed by atoms with Crippen LogP contribution in [0.2, 0.25) is 0 Å². The molecule has 27 heavy (non-hydrogen) atoms. The first-order valence-electron chi connectivity index (χ1n) is 11.7. The van der Waals surface area contributed by atoms with E-state index in [0.29, 0.717) is 25.9 Å². The van der Waals surface area contributed by atoms with E-state index in [1.54, 1.807) is 0 Å². The lowest BCUT2D eigenvalue weighted by molar-refractivity contribution is -0.400. The summed E-state index contributed by atoms with van der Waals surface area (Å²) in [4.78, 5) is 0. The number of hydrogen-bond acceptors (Lipinski definition) is 4. The van der Waals surface area contributed by atoms with Crippen molar-refractivity contribution in [2.75, 3.05) is 19.8 Å². The number of nitrogens with two attached hydrogens (primary N) is 1. The number of ether oxygens (including phenoxy) is 3. The Balaban J connectivity index is 0.000000797. The Labute approximate surface area is 169 Å². The zero-order valence-corrected chi connectivity index (χ0v) is 19.1. The summed E-state index contributed by atoms with van der Waals surface area (Å²) in [5.74, 6) is -0.588. The van der Waals surface area contributed by atoms with Crippen LogP contribution in [0.15, 0.2) is 0 Å². The zero-order chi connectivity index (χ0) is 20.4. The topological polar surface area (TPSA) is 53.7 Å². The Bertz CT molecular complexity index is 289. The molecule has 1 rings (SSSR count). The Morgan fingerprint density at radius 2 is 1.26 bits per heavy atom. The molecule has 1 saturated carbocycles. The van der Waals surface area contributed by atoms with Crippen LogP contribution in [0, 0.1) is 5.92 Å². The lowest BCUT2D eigenvalue weighted by atomic mass is 9.97. The first-order chi connectivity index (χ1) is 13.1. The minimum Gasteiger partial charge on any atom is -0.328 e. The standard InChI is InChI=1S/C17H36O3.C6H13N/c1-6-10-11-12-13-14-15-16(5)17(18-7-2,19-8-3)20-9-4;7-6-4-2-1-3-5-6/h16H,6-15H2,1-5H3;6H,1-5,7H2. The fourth-order valence-electron chi connectivity index (χ4n) is 3.70. The molecule has 1 unspecified atom stereocenters. The van der Waals surface area contributed by atoms with Gasteiger partial charge in [-0.3, -0.25) is 0 Å². The zero-order valence-electron chi connectivity index (χ0n) is 19.1. The second-order valence-electron chi connectivity index (χ2n) is 7.76. The summed E-state index contributed by atoms with van der Waals surface area (Å²) in [6.07, 6.45) is 15.6. The van der Waals surface area contributed by atoms with Crippen molar-refractivity contribution in [3.63, 3.8) is 0 Å². The maximum Gasteiger partial charge on any atom is 0.285 e. The van der Waals surface area contributed by atoms with Gasteiger partial charge in [-0.25, -0.2) is 0 Å². The summed E-state index contributed by atoms with van der Waals surface area (Å²) in [6, 6.07) is 0.536. The summed E-state index contributed by atoms with van der Waals surface area (Å²) < 4.78 is 17.5. The molecule has 164 valence electrons. The minimum atomic E-state index is -0.846. The first-order valence-corrected chi connectivity index (χ1v) is 11.7. The van der Waals surface area contributed by atoms with Crippen LogP contribution in [0.3, 0.4) is 0 Å². The Morgan fingerprint density at radius 3 is 1.67 bits per heavy atom. The molecule has 0 heterocycles. The van der Waals surface area contributed by atoms with Gasteiger partial charge in [-0.15, -0.1) is 0 Å². The average Bonchev–Trinajstić information content (AvgIpc) is 2.66. The highest BCUT2D eigenvalue weighted by Gasteiger charge is 2.38. The molecular weight excluding hydrogens is 338 g/mol. The van der Waals surface area contributed by atoms with Crippen molar-refractivity contribution in [1.29, 1.82) is 0 Å². The van der Waals surface area contributed by atoms with Crippen molar-refractivity contribution in [3.05, 3.63) is 0 Å². The smallest absolute Gasteiger partial charge is 0.285 e. The molecular formula is C23H49NO3. The van der Waals surface area contributed by atoms with Crippen LogP contribution in [0.1, 0.15) is 112 Å². The number of rotatable bonds is 14. The van der Waals surface area contributed by atoms with Gasteiger partial charge < -0.3 is 19.9 Å². The van der Waals surface area contributed by atoms with Crippen LogP contribution in [-0.4, -0.2) is 31.8 Å². The minimum absolute atomic E-state index is 0.258. The van der Waals surface area contributed by atoms with E-state index in [1.807, 2.05) is 20.8 Å². The van der Waals surface area contributed by atoms with Gasteiger partial charge in [-0.2, -0.15) is 0 Å². The highest BCUT2D eigenvalue weighted by molar-refractivity contribution is 4.68. The van der Waals surface area contributed by atoms with E-state index in [9.17, 15) is 0 Å². The summed E-state index contributed by atoms with van der Waals surface area (Å²) in [7, 11) is 0. The quantitative estimate of drug-likeness (QED) is 0.276. The third kappa shape index (κ3) is 12.8. The van der Waals surface area contributed by atoms with E-state index < -0.39 is 5.97 Å². The van der Waals surface area contributed by atoms with Crippen molar-refractivity contribution >= 4 is 0 Å². The first kappa shape index (κ1) is 26.8. The summed E-state index contributed by atoms with van der Waals surface area (Å²) in [6.45, 7) is 12.2. The van der Waals surface area contributed by atoms with Gasteiger partial charge in [-0.1, -0.05) is 71.6 Å².